The van der Waals surface area contributed by atoms with Crippen molar-refractivity contribution in [3.8, 4) is 11.5 Å². The molecule has 0 bridgehead atoms. The summed E-state index contributed by atoms with van der Waals surface area (Å²) in [5.41, 5.74) is 1.08. The molecule has 1 atom stereocenters. The molecule has 2 heteroatoms. The number of fused-ring (bicyclic) bond motifs is 1. The maximum Gasteiger partial charge on any atom is 0.127 e. The fraction of sp³-hybridized carbons (Fsp3) is 0.273. The Morgan fingerprint density at radius 2 is 2.23 bits per heavy atom. The van der Waals surface area contributed by atoms with Crippen molar-refractivity contribution in [1.29, 1.82) is 0 Å². The van der Waals surface area contributed by atoms with Crippen LogP contribution in [0.4, 0.5) is 0 Å². The highest BCUT2D eigenvalue weighted by Crippen LogP contribution is 2.29. The first-order valence-corrected chi connectivity index (χ1v) is 4.32. The summed E-state index contributed by atoms with van der Waals surface area (Å²) in [4.78, 5) is 0. The normalized spacial score (nSPS) is 19.1. The molecule has 0 saturated heterocycles. The van der Waals surface area contributed by atoms with Crippen molar-refractivity contribution in [2.24, 2.45) is 0 Å². The first kappa shape index (κ1) is 8.17. The van der Waals surface area contributed by atoms with Gasteiger partial charge in [-0.15, -0.1) is 0 Å². The van der Waals surface area contributed by atoms with E-state index in [2.05, 4.69) is 6.08 Å². The Bertz CT molecular complexity index is 342. The molecule has 0 aliphatic carbocycles. The summed E-state index contributed by atoms with van der Waals surface area (Å²) in [6.45, 7) is 2.02. The first-order chi connectivity index (χ1) is 6.29. The standard InChI is InChI=1S/C11H12O2/c1-8-3-4-9-7-10(12-2)5-6-11(9)13-8/h3-8H,1-2H3. The number of ether oxygens (including phenoxy) is 2. The Labute approximate surface area is 77.8 Å². The monoisotopic (exact) mass is 176 g/mol. The van der Waals surface area contributed by atoms with Crippen molar-refractivity contribution in [1.82, 2.24) is 0 Å². The number of rotatable bonds is 1. The van der Waals surface area contributed by atoms with E-state index in [0.29, 0.717) is 0 Å². The maximum atomic E-state index is 5.59. The van der Waals surface area contributed by atoms with Crippen molar-refractivity contribution >= 4 is 6.08 Å². The summed E-state index contributed by atoms with van der Waals surface area (Å²) in [5, 5.41) is 0. The van der Waals surface area contributed by atoms with Crippen LogP contribution in [0.1, 0.15) is 12.5 Å². The van der Waals surface area contributed by atoms with Gasteiger partial charge in [-0.2, -0.15) is 0 Å². The fourth-order valence-corrected chi connectivity index (χ4v) is 1.37. The quantitative estimate of drug-likeness (QED) is 0.654. The summed E-state index contributed by atoms with van der Waals surface area (Å²) in [5.74, 6) is 1.79. The van der Waals surface area contributed by atoms with Crippen LogP contribution in [0, 0.1) is 0 Å². The average Bonchev–Trinajstić information content (AvgIpc) is 2.17. The Kier molecular flexibility index (Phi) is 1.97. The van der Waals surface area contributed by atoms with Crippen molar-refractivity contribution < 1.29 is 9.47 Å². The average molecular weight is 176 g/mol. The van der Waals surface area contributed by atoms with E-state index >= 15 is 0 Å². The van der Waals surface area contributed by atoms with Gasteiger partial charge in [0.2, 0.25) is 0 Å². The van der Waals surface area contributed by atoms with Gasteiger partial charge < -0.3 is 9.47 Å². The second-order valence-corrected chi connectivity index (χ2v) is 3.09. The van der Waals surface area contributed by atoms with Gasteiger partial charge in [0, 0.05) is 5.56 Å². The fourth-order valence-electron chi connectivity index (χ4n) is 1.37. The van der Waals surface area contributed by atoms with Crippen LogP contribution in [-0.2, 0) is 0 Å². The minimum Gasteiger partial charge on any atom is -0.497 e. The van der Waals surface area contributed by atoms with E-state index in [1.165, 1.54) is 0 Å². The van der Waals surface area contributed by atoms with E-state index in [-0.39, 0.29) is 6.10 Å². The largest absolute Gasteiger partial charge is 0.497 e. The molecule has 0 fully saturated rings. The van der Waals surface area contributed by atoms with Gasteiger partial charge in [-0.05, 0) is 31.2 Å². The van der Waals surface area contributed by atoms with Gasteiger partial charge in [0.25, 0.3) is 0 Å². The SMILES string of the molecule is COc1ccc2c(c1)C=CC(C)O2. The third-order valence-electron chi connectivity index (χ3n) is 2.08. The van der Waals surface area contributed by atoms with E-state index in [0.717, 1.165) is 17.1 Å². The molecule has 13 heavy (non-hydrogen) atoms. The van der Waals surface area contributed by atoms with E-state index in [4.69, 9.17) is 9.47 Å². The van der Waals surface area contributed by atoms with Crippen LogP contribution >= 0.6 is 0 Å². The lowest BCUT2D eigenvalue weighted by Gasteiger charge is -2.18. The molecule has 1 aromatic rings. The third-order valence-corrected chi connectivity index (χ3v) is 2.08. The molecule has 1 aliphatic rings. The summed E-state index contributed by atoms with van der Waals surface area (Å²) in [6, 6.07) is 5.82. The molecule has 1 heterocycles. The van der Waals surface area contributed by atoms with Crippen LogP contribution in [0.5, 0.6) is 11.5 Å². The summed E-state index contributed by atoms with van der Waals surface area (Å²) in [7, 11) is 1.66. The van der Waals surface area contributed by atoms with Gasteiger partial charge in [-0.25, -0.2) is 0 Å². The van der Waals surface area contributed by atoms with Crippen LogP contribution in [0.2, 0.25) is 0 Å². The molecule has 2 rings (SSSR count). The smallest absolute Gasteiger partial charge is 0.127 e. The van der Waals surface area contributed by atoms with Crippen LogP contribution in [0.15, 0.2) is 24.3 Å². The molecular weight excluding hydrogens is 164 g/mol. The zero-order valence-electron chi connectivity index (χ0n) is 7.78. The molecule has 0 aromatic heterocycles. The molecule has 1 aliphatic heterocycles. The molecule has 0 N–H and O–H groups in total. The van der Waals surface area contributed by atoms with Crippen molar-refractivity contribution in [2.45, 2.75) is 13.0 Å². The van der Waals surface area contributed by atoms with E-state index in [9.17, 15) is 0 Å². The van der Waals surface area contributed by atoms with Gasteiger partial charge in [0.15, 0.2) is 0 Å². The number of hydrogen-bond acceptors (Lipinski definition) is 2. The molecule has 1 aromatic carbocycles. The molecule has 0 spiro atoms. The van der Waals surface area contributed by atoms with Gasteiger partial charge >= 0.3 is 0 Å². The topological polar surface area (TPSA) is 18.5 Å². The van der Waals surface area contributed by atoms with Gasteiger partial charge in [-0.1, -0.05) is 6.08 Å². The van der Waals surface area contributed by atoms with E-state index < -0.39 is 0 Å². The zero-order valence-corrected chi connectivity index (χ0v) is 7.78. The number of hydrogen-bond donors (Lipinski definition) is 0. The van der Waals surface area contributed by atoms with Gasteiger partial charge in [0.1, 0.15) is 17.6 Å². The Hall–Kier alpha value is -1.44. The zero-order chi connectivity index (χ0) is 9.26. The van der Waals surface area contributed by atoms with Crippen LogP contribution in [-0.4, -0.2) is 13.2 Å². The predicted molar refractivity (Wildman–Crippen MR) is 52.1 cm³/mol. The summed E-state index contributed by atoms with van der Waals surface area (Å²) in [6.07, 6.45) is 4.26. The highest BCUT2D eigenvalue weighted by atomic mass is 16.5. The van der Waals surface area contributed by atoms with Crippen molar-refractivity contribution in [3.05, 3.63) is 29.8 Å². The molecule has 0 amide bonds. The Morgan fingerprint density at radius 3 is 3.00 bits per heavy atom. The van der Waals surface area contributed by atoms with E-state index in [1.807, 2.05) is 31.2 Å². The minimum atomic E-state index is 0.167. The number of benzene rings is 1. The molecule has 1 unspecified atom stereocenters. The van der Waals surface area contributed by atoms with Crippen molar-refractivity contribution in [2.75, 3.05) is 7.11 Å². The highest BCUT2D eigenvalue weighted by Gasteiger charge is 2.10. The first-order valence-electron chi connectivity index (χ1n) is 4.32. The lowest BCUT2D eigenvalue weighted by molar-refractivity contribution is 0.265. The van der Waals surface area contributed by atoms with Crippen LogP contribution in [0.3, 0.4) is 0 Å². The van der Waals surface area contributed by atoms with Crippen LogP contribution < -0.4 is 9.47 Å². The maximum absolute atomic E-state index is 5.59. The summed E-state index contributed by atoms with van der Waals surface area (Å²) < 4.78 is 10.7. The highest BCUT2D eigenvalue weighted by molar-refractivity contribution is 5.61. The van der Waals surface area contributed by atoms with Crippen LogP contribution in [0.25, 0.3) is 6.08 Å². The van der Waals surface area contributed by atoms with Crippen molar-refractivity contribution in [3.63, 3.8) is 0 Å². The Morgan fingerprint density at radius 1 is 1.38 bits per heavy atom. The molecule has 68 valence electrons. The molecular formula is C11H12O2. The van der Waals surface area contributed by atoms with Gasteiger partial charge in [-0.3, -0.25) is 0 Å². The number of methoxy groups -OCH3 is 1. The van der Waals surface area contributed by atoms with E-state index in [1.54, 1.807) is 7.11 Å². The summed E-state index contributed by atoms with van der Waals surface area (Å²) >= 11 is 0. The van der Waals surface area contributed by atoms with Gasteiger partial charge in [0.05, 0.1) is 7.11 Å². The second kappa shape index (κ2) is 3.13. The molecule has 2 nitrogen and oxygen atoms in total. The lowest BCUT2D eigenvalue weighted by Crippen LogP contribution is -2.11. The molecule has 0 radical (unpaired) electrons. The lowest BCUT2D eigenvalue weighted by atomic mass is 10.1. The third kappa shape index (κ3) is 1.52. The predicted octanol–water partition coefficient (Wildman–Crippen LogP) is 2.49. The second-order valence-electron chi connectivity index (χ2n) is 3.09. The molecule has 0 saturated carbocycles. The minimum absolute atomic E-state index is 0.167. The Balaban J connectivity index is 2.40.